The van der Waals surface area contributed by atoms with E-state index in [4.69, 9.17) is 0 Å². The van der Waals surface area contributed by atoms with Crippen LogP contribution in [0.25, 0.3) is 0 Å². The van der Waals surface area contributed by atoms with Gasteiger partial charge in [0.15, 0.2) is 0 Å². The van der Waals surface area contributed by atoms with Crippen LogP contribution < -0.4 is 0 Å². The Balaban J connectivity index is -0.000000204. The van der Waals surface area contributed by atoms with Crippen molar-refractivity contribution in [3.63, 3.8) is 0 Å². The molecule has 1 atom stereocenters. The first-order valence-corrected chi connectivity index (χ1v) is 10.9. The van der Waals surface area contributed by atoms with Crippen molar-refractivity contribution in [3.05, 3.63) is 0 Å². The number of rotatable bonds is 17. The summed E-state index contributed by atoms with van der Waals surface area (Å²) in [7, 11) is 0. The fourth-order valence-electron chi connectivity index (χ4n) is 1.61. The van der Waals surface area contributed by atoms with Crippen LogP contribution in [0.2, 0.25) is 0 Å². The number of hydrogen-bond donors (Lipinski definition) is 0. The van der Waals surface area contributed by atoms with Crippen LogP contribution in [-0.2, 0) is 38.4 Å². The summed E-state index contributed by atoms with van der Waals surface area (Å²) in [5.41, 5.74) is 0. The molecule has 0 aromatic carbocycles. The molecule has 0 saturated heterocycles. The summed E-state index contributed by atoms with van der Waals surface area (Å²) >= 11 is 0. The van der Waals surface area contributed by atoms with Crippen LogP contribution in [0.4, 0.5) is 0 Å². The topological polar surface area (TPSA) is 235 Å². The third-order valence-electron chi connectivity index (χ3n) is 3.23. The highest BCUT2D eigenvalue weighted by Crippen LogP contribution is 1.94. The predicted octanol–water partition coefficient (Wildman–Crippen LogP) is 0.971. The lowest BCUT2D eigenvalue weighted by atomic mass is 10.2. The molecule has 0 aliphatic rings. The molecule has 1 unspecified atom stereocenters. The van der Waals surface area contributed by atoms with Gasteiger partial charge in [0, 0.05) is 0 Å². The van der Waals surface area contributed by atoms with Crippen LogP contribution in [0.1, 0.15) is 39.0 Å². The lowest BCUT2D eigenvalue weighted by Gasteiger charge is -1.91. The molecule has 16 nitrogen and oxygen atoms in total. The van der Waals surface area contributed by atoms with E-state index >= 15 is 0 Å². The molecule has 0 amide bonds. The molecule has 0 fully saturated rings. The van der Waals surface area contributed by atoms with E-state index in [2.05, 4.69) is 39.9 Å². The molecule has 0 radical (unpaired) electrons. The van der Waals surface area contributed by atoms with Crippen LogP contribution in [0.15, 0.2) is 39.9 Å². The maximum absolute atomic E-state index is 9.58. The van der Waals surface area contributed by atoms with Gasteiger partial charge >= 0.3 is 0 Å². The van der Waals surface area contributed by atoms with Crippen LogP contribution in [0.3, 0.4) is 0 Å². The Kier molecular flexibility index (Phi) is 48.2. The first-order chi connectivity index (χ1) is 18.6. The number of unbranched alkanes of at least 4 members (excludes halogenated alkanes) is 3. The first kappa shape index (κ1) is 40.2. The Bertz CT molecular complexity index is 911. The van der Waals surface area contributed by atoms with Gasteiger partial charge in [-0.1, -0.05) is 0 Å². The van der Waals surface area contributed by atoms with E-state index in [-0.39, 0.29) is 25.7 Å². The van der Waals surface area contributed by atoms with Crippen LogP contribution in [0.5, 0.6) is 0 Å². The summed E-state index contributed by atoms with van der Waals surface area (Å²) in [5.74, 6) is 0. The molecule has 0 heterocycles. The molecule has 0 saturated carbocycles. The molecule has 0 aromatic rings. The monoisotopic (exact) mass is 532 g/mol. The second-order valence-corrected chi connectivity index (χ2v) is 6.11. The smallest absolute Gasteiger partial charge is 0.211 e. The maximum atomic E-state index is 9.58. The van der Waals surface area contributed by atoms with E-state index in [1.165, 1.54) is 48.6 Å². The Labute approximate surface area is 218 Å². The Morgan fingerprint density at radius 2 is 0.684 bits per heavy atom. The fourth-order valence-corrected chi connectivity index (χ4v) is 1.61. The average molecular weight is 533 g/mol. The maximum Gasteiger partial charge on any atom is 0.235 e. The van der Waals surface area contributed by atoms with Crippen LogP contribution in [0, 0.1) is 0 Å². The van der Waals surface area contributed by atoms with Crippen molar-refractivity contribution in [1.29, 1.82) is 0 Å². The van der Waals surface area contributed by atoms with Crippen molar-refractivity contribution in [3.8, 4) is 0 Å². The van der Waals surface area contributed by atoms with Crippen molar-refractivity contribution in [2.75, 3.05) is 45.8 Å². The summed E-state index contributed by atoms with van der Waals surface area (Å²) in [6, 6.07) is -0.260. The van der Waals surface area contributed by atoms with Crippen molar-refractivity contribution < 1.29 is 38.4 Å². The summed E-state index contributed by atoms with van der Waals surface area (Å²) in [4.78, 5) is 102. The predicted molar refractivity (Wildman–Crippen MR) is 132 cm³/mol. The molecule has 16 heteroatoms. The fraction of sp³-hybridized carbons (Fsp3) is 0.636. The Hall–Kier alpha value is -4.96. The molecule has 0 bridgehead atoms. The van der Waals surface area contributed by atoms with Gasteiger partial charge in [-0.25, -0.2) is 78.3 Å². The van der Waals surface area contributed by atoms with E-state index in [0.717, 1.165) is 32.1 Å². The molecule has 0 aromatic heterocycles. The van der Waals surface area contributed by atoms with Gasteiger partial charge in [-0.05, 0) is 39.0 Å². The molecule has 0 aliphatic carbocycles. The van der Waals surface area contributed by atoms with E-state index < -0.39 is 0 Å². The normalized spacial score (nSPS) is 8.24. The Morgan fingerprint density at radius 1 is 0.395 bits per heavy atom. The number of carbonyl (C=O) groups excluding carboxylic acids is 8. The summed E-state index contributed by atoms with van der Waals surface area (Å²) < 4.78 is 0. The minimum atomic E-state index is -0.260. The Morgan fingerprint density at radius 3 is 0.974 bits per heavy atom. The highest BCUT2D eigenvalue weighted by atomic mass is 16.1. The lowest BCUT2D eigenvalue weighted by molar-refractivity contribution is 0.554. The first-order valence-electron chi connectivity index (χ1n) is 10.9. The lowest BCUT2D eigenvalue weighted by Crippen LogP contribution is -2.00. The van der Waals surface area contributed by atoms with Crippen LogP contribution >= 0.6 is 0 Å². The van der Waals surface area contributed by atoms with Crippen molar-refractivity contribution >= 4 is 48.6 Å². The molecule has 0 aliphatic heterocycles. The van der Waals surface area contributed by atoms with Gasteiger partial charge in [-0.3, -0.25) is 0 Å². The van der Waals surface area contributed by atoms with Gasteiger partial charge in [-0.15, -0.1) is 0 Å². The van der Waals surface area contributed by atoms with E-state index in [1.54, 1.807) is 6.92 Å². The second-order valence-electron chi connectivity index (χ2n) is 6.11. The molecule has 0 spiro atoms. The van der Waals surface area contributed by atoms with Gasteiger partial charge in [0.2, 0.25) is 48.6 Å². The molecule has 0 N–H and O–H groups in total. The van der Waals surface area contributed by atoms with Gasteiger partial charge in [0.25, 0.3) is 0 Å². The summed E-state index contributed by atoms with van der Waals surface area (Å²) in [6.07, 6.45) is 15.3. The van der Waals surface area contributed by atoms with Crippen molar-refractivity contribution in [2.24, 2.45) is 39.9 Å². The van der Waals surface area contributed by atoms with Gasteiger partial charge < -0.3 is 0 Å². The zero-order valence-electron chi connectivity index (χ0n) is 20.9. The van der Waals surface area contributed by atoms with Gasteiger partial charge in [0.1, 0.15) is 0 Å². The van der Waals surface area contributed by atoms with Gasteiger partial charge in [0.05, 0.1) is 51.9 Å². The summed E-state index contributed by atoms with van der Waals surface area (Å²) in [5, 5.41) is 0. The molecular formula is C22H28N8O8. The van der Waals surface area contributed by atoms with Gasteiger partial charge in [-0.2, -0.15) is 0 Å². The van der Waals surface area contributed by atoms with E-state index in [1.807, 2.05) is 0 Å². The number of nitrogens with zero attached hydrogens (tertiary/aromatic N) is 8. The minimum Gasteiger partial charge on any atom is -0.211 e. The zero-order valence-corrected chi connectivity index (χ0v) is 20.9. The highest BCUT2D eigenvalue weighted by molar-refractivity contribution is 5.35. The molecule has 38 heavy (non-hydrogen) atoms. The second kappa shape index (κ2) is 45.5. The summed E-state index contributed by atoms with van der Waals surface area (Å²) in [6.45, 7) is 4.29. The number of aliphatic imine (C=N–C) groups is 8. The number of hydrogen-bond acceptors (Lipinski definition) is 16. The van der Waals surface area contributed by atoms with E-state index in [9.17, 15) is 38.4 Å². The SMILES string of the molecule is CC(CN=C=O)N=C=O.O=C=NCCCCCN=C=O.O=C=NCCCCN=C=O.O=C=NCCN=C=O. The molecular weight excluding hydrogens is 504 g/mol. The van der Waals surface area contributed by atoms with E-state index in [0.29, 0.717) is 26.2 Å². The minimum absolute atomic E-state index is 0.207. The zero-order chi connectivity index (χ0) is 29.4. The molecule has 0 rings (SSSR count). The van der Waals surface area contributed by atoms with Crippen LogP contribution in [-0.4, -0.2) is 100 Å². The third-order valence-corrected chi connectivity index (χ3v) is 3.23. The average Bonchev–Trinajstić information content (AvgIpc) is 2.93. The highest BCUT2D eigenvalue weighted by Gasteiger charge is 1.93. The quantitative estimate of drug-likeness (QED) is 0.148. The largest absolute Gasteiger partial charge is 0.235 e. The molecule has 204 valence electrons. The third kappa shape index (κ3) is 57.7. The van der Waals surface area contributed by atoms with Crippen molar-refractivity contribution in [1.82, 2.24) is 0 Å². The standard InChI is InChI=1S/C7H10N2O2.C6H8N2O2.C5H6N2O2.C4H4N2O2/c10-6-8-4-2-1-3-5-9-7-11;9-5-7-3-1-2-4-8-6-10;1-5(7-4-9)2-6-3-8;7-3-5-1-2-6-4-8/h1-5H2;1-4H2;5H,2H2,1H3;1-2H2. The van der Waals surface area contributed by atoms with Crippen molar-refractivity contribution in [2.45, 2.75) is 45.1 Å². The number of isocyanates is 8.